The van der Waals surface area contributed by atoms with E-state index in [1.54, 1.807) is 0 Å². The molecule has 2 fully saturated rings. The molecule has 1 aliphatic heterocycles. The van der Waals surface area contributed by atoms with Crippen LogP contribution in [0.25, 0.3) is 0 Å². The van der Waals surface area contributed by atoms with Gasteiger partial charge < -0.3 is 10.2 Å². The highest BCUT2D eigenvalue weighted by atomic mass is 35.5. The first-order valence-corrected chi connectivity index (χ1v) is 8.15. The lowest BCUT2D eigenvalue weighted by molar-refractivity contribution is 0.376. The Morgan fingerprint density at radius 3 is 2.85 bits per heavy atom. The number of halogens is 1. The third-order valence-corrected chi connectivity index (χ3v) is 4.85. The van der Waals surface area contributed by atoms with E-state index in [4.69, 9.17) is 11.6 Å². The van der Waals surface area contributed by atoms with Gasteiger partial charge in [0, 0.05) is 31.4 Å². The fraction of sp³-hybridized carbons (Fsp3) is 0.688. The molecule has 4 heteroatoms. The van der Waals surface area contributed by atoms with Gasteiger partial charge in [0.1, 0.15) is 5.82 Å². The molecule has 1 N–H and O–H groups in total. The summed E-state index contributed by atoms with van der Waals surface area (Å²) in [5.74, 6) is 1.91. The van der Waals surface area contributed by atoms with Gasteiger partial charge in [-0.15, -0.1) is 0 Å². The molecule has 0 aromatic carbocycles. The summed E-state index contributed by atoms with van der Waals surface area (Å²) in [7, 11) is 0. The van der Waals surface area contributed by atoms with Gasteiger partial charge in [-0.3, -0.25) is 0 Å². The number of nitrogens with one attached hydrogen (secondary N) is 1. The van der Waals surface area contributed by atoms with Gasteiger partial charge in [-0.2, -0.15) is 0 Å². The maximum Gasteiger partial charge on any atom is 0.129 e. The first-order valence-electron chi connectivity index (χ1n) is 7.78. The summed E-state index contributed by atoms with van der Waals surface area (Å²) in [6.45, 7) is 6.60. The van der Waals surface area contributed by atoms with E-state index in [1.165, 1.54) is 31.2 Å². The van der Waals surface area contributed by atoms with Crippen LogP contribution in [0.1, 0.15) is 45.1 Å². The highest BCUT2D eigenvalue weighted by Gasteiger charge is 2.25. The molecule has 2 unspecified atom stereocenters. The third kappa shape index (κ3) is 3.26. The Morgan fingerprint density at radius 1 is 1.35 bits per heavy atom. The van der Waals surface area contributed by atoms with Gasteiger partial charge in [-0.1, -0.05) is 18.5 Å². The Labute approximate surface area is 126 Å². The molecule has 0 radical (unpaired) electrons. The van der Waals surface area contributed by atoms with E-state index in [1.807, 2.05) is 6.20 Å². The Hall–Kier alpha value is -0.800. The van der Waals surface area contributed by atoms with Crippen LogP contribution >= 0.6 is 11.6 Å². The molecule has 110 valence electrons. The van der Waals surface area contributed by atoms with Crippen LogP contribution in [0.3, 0.4) is 0 Å². The van der Waals surface area contributed by atoms with E-state index in [9.17, 15) is 0 Å². The zero-order valence-corrected chi connectivity index (χ0v) is 13.2. The van der Waals surface area contributed by atoms with Crippen LogP contribution in [0.4, 0.5) is 5.82 Å². The highest BCUT2D eigenvalue weighted by Crippen LogP contribution is 2.29. The van der Waals surface area contributed by atoms with Crippen molar-refractivity contribution in [3.8, 4) is 0 Å². The maximum atomic E-state index is 6.28. The van der Waals surface area contributed by atoms with E-state index >= 15 is 0 Å². The van der Waals surface area contributed by atoms with Gasteiger partial charge in [-0.25, -0.2) is 4.98 Å². The van der Waals surface area contributed by atoms with E-state index in [2.05, 4.69) is 35.1 Å². The van der Waals surface area contributed by atoms with Crippen molar-refractivity contribution >= 4 is 17.4 Å². The van der Waals surface area contributed by atoms with Crippen LogP contribution in [0.15, 0.2) is 12.3 Å². The number of pyridine rings is 1. The second kappa shape index (κ2) is 5.90. The SMILES string of the molecule is CC1CCN(c2cc(CNC3CC3)c(Cl)cn2)C(C)C1. The van der Waals surface area contributed by atoms with E-state index in [-0.39, 0.29) is 0 Å². The normalized spacial score (nSPS) is 26.9. The van der Waals surface area contributed by atoms with E-state index in [0.29, 0.717) is 12.1 Å². The number of rotatable bonds is 4. The second-order valence-electron chi connectivity index (χ2n) is 6.46. The van der Waals surface area contributed by atoms with Gasteiger partial charge in [0.2, 0.25) is 0 Å². The molecular formula is C16H24ClN3. The molecule has 1 saturated carbocycles. The molecule has 2 atom stereocenters. The number of nitrogens with zero attached hydrogens (tertiary/aromatic N) is 2. The molecule has 3 rings (SSSR count). The zero-order valence-electron chi connectivity index (χ0n) is 12.4. The molecule has 0 amide bonds. The van der Waals surface area contributed by atoms with E-state index < -0.39 is 0 Å². The minimum absolute atomic E-state index is 0.566. The molecule has 20 heavy (non-hydrogen) atoms. The molecular weight excluding hydrogens is 270 g/mol. The first kappa shape index (κ1) is 14.2. The van der Waals surface area contributed by atoms with Crippen molar-refractivity contribution in [2.24, 2.45) is 5.92 Å². The van der Waals surface area contributed by atoms with Gasteiger partial charge in [0.15, 0.2) is 0 Å². The smallest absolute Gasteiger partial charge is 0.129 e. The summed E-state index contributed by atoms with van der Waals surface area (Å²) in [5, 5.41) is 4.31. The molecule has 0 spiro atoms. The Bertz CT molecular complexity index is 473. The standard InChI is InChI=1S/C16H24ClN3/c1-11-5-6-20(12(2)7-11)16-8-13(15(17)10-19-16)9-18-14-3-4-14/h8,10-12,14,18H,3-7,9H2,1-2H3. The van der Waals surface area contributed by atoms with Crippen molar-refractivity contribution < 1.29 is 0 Å². The molecule has 1 aromatic heterocycles. The van der Waals surface area contributed by atoms with Crippen LogP contribution in [0.2, 0.25) is 5.02 Å². The van der Waals surface area contributed by atoms with Crippen molar-refractivity contribution in [2.75, 3.05) is 11.4 Å². The second-order valence-corrected chi connectivity index (χ2v) is 6.87. The molecule has 1 aliphatic carbocycles. The monoisotopic (exact) mass is 293 g/mol. The third-order valence-electron chi connectivity index (χ3n) is 4.51. The Balaban J connectivity index is 1.73. The number of anilines is 1. The fourth-order valence-electron chi connectivity index (χ4n) is 3.05. The molecule has 1 saturated heterocycles. The summed E-state index contributed by atoms with van der Waals surface area (Å²) in [6.07, 6.45) is 6.92. The molecule has 3 nitrogen and oxygen atoms in total. The van der Waals surface area contributed by atoms with Gasteiger partial charge in [0.05, 0.1) is 5.02 Å². The minimum Gasteiger partial charge on any atom is -0.354 e. The van der Waals surface area contributed by atoms with Crippen molar-refractivity contribution in [2.45, 2.75) is 58.2 Å². The van der Waals surface area contributed by atoms with E-state index in [0.717, 1.165) is 29.8 Å². The van der Waals surface area contributed by atoms with Gasteiger partial charge >= 0.3 is 0 Å². The lowest BCUT2D eigenvalue weighted by atomic mass is 9.93. The van der Waals surface area contributed by atoms with Crippen LogP contribution < -0.4 is 10.2 Å². The molecule has 0 bridgehead atoms. The predicted octanol–water partition coefficient (Wildman–Crippen LogP) is 3.61. The Kier molecular flexibility index (Phi) is 4.18. The predicted molar refractivity (Wildman–Crippen MR) is 84.3 cm³/mol. The van der Waals surface area contributed by atoms with Crippen LogP contribution in [-0.2, 0) is 6.54 Å². The molecule has 1 aromatic rings. The number of aromatic nitrogens is 1. The lowest BCUT2D eigenvalue weighted by Gasteiger charge is -2.37. The number of piperidine rings is 1. The van der Waals surface area contributed by atoms with Crippen molar-refractivity contribution in [3.05, 3.63) is 22.8 Å². The number of hydrogen-bond donors (Lipinski definition) is 1. The summed E-state index contributed by atoms with van der Waals surface area (Å²) in [5.41, 5.74) is 1.18. The lowest BCUT2D eigenvalue weighted by Crippen LogP contribution is -2.40. The zero-order chi connectivity index (χ0) is 14.1. The van der Waals surface area contributed by atoms with Crippen LogP contribution in [-0.4, -0.2) is 23.6 Å². The highest BCUT2D eigenvalue weighted by molar-refractivity contribution is 6.31. The van der Waals surface area contributed by atoms with Crippen LogP contribution in [0, 0.1) is 5.92 Å². The quantitative estimate of drug-likeness (QED) is 0.919. The van der Waals surface area contributed by atoms with Crippen LogP contribution in [0.5, 0.6) is 0 Å². The van der Waals surface area contributed by atoms with Crippen molar-refractivity contribution in [3.63, 3.8) is 0 Å². The minimum atomic E-state index is 0.566. The molecule has 2 heterocycles. The summed E-state index contributed by atoms with van der Waals surface area (Å²) < 4.78 is 0. The topological polar surface area (TPSA) is 28.2 Å². The van der Waals surface area contributed by atoms with Crippen molar-refractivity contribution in [1.82, 2.24) is 10.3 Å². The summed E-state index contributed by atoms with van der Waals surface area (Å²) in [4.78, 5) is 6.97. The average molecular weight is 294 g/mol. The largest absolute Gasteiger partial charge is 0.354 e. The van der Waals surface area contributed by atoms with Gasteiger partial charge in [-0.05, 0) is 50.2 Å². The van der Waals surface area contributed by atoms with Crippen molar-refractivity contribution in [1.29, 1.82) is 0 Å². The summed E-state index contributed by atoms with van der Waals surface area (Å²) in [6, 6.07) is 3.44. The summed E-state index contributed by atoms with van der Waals surface area (Å²) >= 11 is 6.28. The van der Waals surface area contributed by atoms with Gasteiger partial charge in [0.25, 0.3) is 0 Å². The molecule has 2 aliphatic rings. The number of hydrogen-bond acceptors (Lipinski definition) is 3. The first-order chi connectivity index (χ1) is 9.63. The maximum absolute atomic E-state index is 6.28. The Morgan fingerprint density at radius 2 is 2.15 bits per heavy atom. The fourth-order valence-corrected chi connectivity index (χ4v) is 3.22. The average Bonchev–Trinajstić information content (AvgIpc) is 3.22.